The normalized spacial score (nSPS) is 17.6. The van der Waals surface area contributed by atoms with Crippen LogP contribution >= 0.6 is 23.3 Å². The number of benzene rings is 2. The van der Waals surface area contributed by atoms with Gasteiger partial charge in [-0.25, -0.2) is 13.4 Å². The van der Waals surface area contributed by atoms with Gasteiger partial charge < -0.3 is 11.5 Å². The summed E-state index contributed by atoms with van der Waals surface area (Å²) in [5.41, 5.74) is 14.6. The van der Waals surface area contributed by atoms with E-state index in [0.717, 1.165) is 28.6 Å². The van der Waals surface area contributed by atoms with Gasteiger partial charge in [0.2, 0.25) is 15.8 Å². The highest BCUT2D eigenvalue weighted by Crippen LogP contribution is 2.43. The molecule has 11 nitrogen and oxygen atoms in total. The Kier molecular flexibility index (Phi) is 5.80. The lowest BCUT2D eigenvalue weighted by Gasteiger charge is -2.30. The fourth-order valence-electron chi connectivity index (χ4n) is 4.11. The van der Waals surface area contributed by atoms with Gasteiger partial charge >= 0.3 is 0 Å². The number of para-hydroxylation sites is 1. The molecule has 0 radical (unpaired) electrons. The number of aromatic amines is 1. The highest BCUT2D eigenvalue weighted by atomic mass is 32.2. The standard InChI is InChI=1S/C19H21N9O2S3/c20-10-3-2-8-28(9-10)33(29,30)14-7-6-11(15(17(14)32-22)18-24-26-27-25-18)12-4-1-5-13-16(12)23-19(21)31-13/h1,4-7,10H,2-3,8-9,20,22H2,(H2,21,23)(H,24,25,26,27)/t10-/m1/s1. The van der Waals surface area contributed by atoms with Crippen LogP contribution in [0.3, 0.4) is 0 Å². The first kappa shape index (κ1) is 22.2. The predicted octanol–water partition coefficient (Wildman–Crippen LogP) is 1.80. The summed E-state index contributed by atoms with van der Waals surface area (Å²) in [4.78, 5) is 4.88. The molecule has 1 saturated heterocycles. The third-order valence-electron chi connectivity index (χ3n) is 5.57. The number of H-pyrrole nitrogens is 1. The molecule has 172 valence electrons. The number of hydrogen-bond donors (Lipinski definition) is 4. The Morgan fingerprint density at radius 2 is 2.06 bits per heavy atom. The van der Waals surface area contributed by atoms with Crippen molar-refractivity contribution in [2.24, 2.45) is 10.9 Å². The van der Waals surface area contributed by atoms with Crippen LogP contribution in [0.2, 0.25) is 0 Å². The minimum absolute atomic E-state index is 0.0811. The molecule has 0 amide bonds. The van der Waals surface area contributed by atoms with E-state index < -0.39 is 10.0 Å². The maximum absolute atomic E-state index is 13.6. The Morgan fingerprint density at radius 1 is 1.21 bits per heavy atom. The fraction of sp³-hybridized carbons (Fsp3) is 0.263. The van der Waals surface area contributed by atoms with Gasteiger partial charge in [-0.3, -0.25) is 5.14 Å². The van der Waals surface area contributed by atoms with E-state index in [4.69, 9.17) is 16.6 Å². The summed E-state index contributed by atoms with van der Waals surface area (Å²) in [5, 5.41) is 20.9. The molecule has 33 heavy (non-hydrogen) atoms. The molecule has 0 spiro atoms. The number of tetrazole rings is 1. The minimum Gasteiger partial charge on any atom is -0.375 e. The zero-order valence-corrected chi connectivity index (χ0v) is 19.8. The Hall–Kier alpha value is -2.62. The summed E-state index contributed by atoms with van der Waals surface area (Å²) in [7, 11) is -3.86. The highest BCUT2D eigenvalue weighted by Gasteiger charge is 2.33. The number of nitrogens with two attached hydrogens (primary N) is 3. The molecule has 2 aromatic heterocycles. The number of anilines is 1. The van der Waals surface area contributed by atoms with E-state index in [9.17, 15) is 8.42 Å². The van der Waals surface area contributed by atoms with Crippen molar-refractivity contribution in [1.29, 1.82) is 0 Å². The molecule has 0 unspecified atom stereocenters. The van der Waals surface area contributed by atoms with Crippen LogP contribution in [-0.4, -0.2) is 57.5 Å². The summed E-state index contributed by atoms with van der Waals surface area (Å²) >= 11 is 2.20. The number of nitrogens with one attached hydrogen (secondary N) is 1. The lowest BCUT2D eigenvalue weighted by molar-refractivity contribution is 0.315. The highest BCUT2D eigenvalue weighted by molar-refractivity contribution is 7.98. The van der Waals surface area contributed by atoms with Crippen molar-refractivity contribution in [2.75, 3.05) is 18.8 Å². The molecule has 3 heterocycles. The number of piperidine rings is 1. The largest absolute Gasteiger partial charge is 0.375 e. The summed E-state index contributed by atoms with van der Waals surface area (Å²) in [6, 6.07) is 8.81. The average molecular weight is 504 g/mol. The summed E-state index contributed by atoms with van der Waals surface area (Å²) in [6.07, 6.45) is 1.49. The molecule has 1 atom stereocenters. The molecule has 7 N–H and O–H groups in total. The monoisotopic (exact) mass is 503 g/mol. The SMILES string of the molecule is NSc1c(S(=O)(=O)N2CCC[C@@H](N)C2)ccc(-c2cccc3sc(N)nc23)c1-c1nn[nH]n1. The van der Waals surface area contributed by atoms with Gasteiger partial charge in [-0.1, -0.05) is 29.5 Å². The number of nitrogens with zero attached hydrogens (tertiary/aromatic N) is 5. The van der Waals surface area contributed by atoms with Gasteiger partial charge in [-0.05, 0) is 47.7 Å². The number of nitrogen functional groups attached to an aromatic ring is 1. The van der Waals surface area contributed by atoms with Crippen LogP contribution in [0, 0.1) is 0 Å². The average Bonchev–Trinajstić information content (AvgIpc) is 3.46. The number of aromatic nitrogens is 5. The number of thiazole rings is 1. The zero-order valence-electron chi connectivity index (χ0n) is 17.3. The van der Waals surface area contributed by atoms with Crippen LogP contribution in [0.1, 0.15) is 12.8 Å². The Labute approximate surface area is 197 Å². The number of sulfonamides is 1. The molecule has 14 heteroatoms. The maximum Gasteiger partial charge on any atom is 0.244 e. The van der Waals surface area contributed by atoms with Crippen molar-refractivity contribution in [3.63, 3.8) is 0 Å². The third-order valence-corrected chi connectivity index (χ3v) is 9.12. The van der Waals surface area contributed by atoms with Gasteiger partial charge in [0.25, 0.3) is 0 Å². The molecule has 0 aliphatic carbocycles. The van der Waals surface area contributed by atoms with Gasteiger partial charge in [-0.15, -0.1) is 10.2 Å². The summed E-state index contributed by atoms with van der Waals surface area (Å²) in [5.74, 6) is 0.227. The Bertz CT molecular complexity index is 1420. The van der Waals surface area contributed by atoms with Gasteiger partial charge in [0.1, 0.15) is 0 Å². The van der Waals surface area contributed by atoms with Crippen LogP contribution in [0.15, 0.2) is 40.1 Å². The van der Waals surface area contributed by atoms with Gasteiger partial charge in [0, 0.05) is 30.3 Å². The number of fused-ring (bicyclic) bond motifs is 1. The quantitative estimate of drug-likeness (QED) is 0.293. The lowest BCUT2D eigenvalue weighted by Crippen LogP contribution is -2.45. The second-order valence-corrected chi connectivity index (χ2v) is 11.3. The maximum atomic E-state index is 13.6. The van der Waals surface area contributed by atoms with Crippen LogP contribution < -0.4 is 16.6 Å². The van der Waals surface area contributed by atoms with E-state index in [2.05, 4.69) is 25.6 Å². The van der Waals surface area contributed by atoms with Crippen LogP contribution in [0.5, 0.6) is 0 Å². The van der Waals surface area contributed by atoms with Crippen molar-refractivity contribution >= 4 is 48.7 Å². The first-order valence-corrected chi connectivity index (χ1v) is 13.2. The summed E-state index contributed by atoms with van der Waals surface area (Å²) < 4.78 is 29.5. The second kappa shape index (κ2) is 8.62. The zero-order chi connectivity index (χ0) is 23.2. The van der Waals surface area contributed by atoms with Crippen LogP contribution in [-0.2, 0) is 10.0 Å². The first-order valence-electron chi connectivity index (χ1n) is 10.1. The summed E-state index contributed by atoms with van der Waals surface area (Å²) in [6.45, 7) is 0.662. The molecular weight excluding hydrogens is 482 g/mol. The molecule has 5 rings (SSSR count). The molecule has 4 aromatic rings. The van der Waals surface area contributed by atoms with E-state index in [1.807, 2.05) is 18.2 Å². The molecule has 0 saturated carbocycles. The van der Waals surface area contributed by atoms with Crippen molar-refractivity contribution in [3.8, 4) is 22.5 Å². The third kappa shape index (κ3) is 3.88. The van der Waals surface area contributed by atoms with E-state index in [-0.39, 0.29) is 23.3 Å². The van der Waals surface area contributed by atoms with Crippen molar-refractivity contribution in [1.82, 2.24) is 29.9 Å². The molecule has 2 aromatic carbocycles. The smallest absolute Gasteiger partial charge is 0.244 e. The van der Waals surface area contributed by atoms with Gasteiger partial charge in [0.15, 0.2) is 5.13 Å². The molecular formula is C19H21N9O2S3. The van der Waals surface area contributed by atoms with Crippen molar-refractivity contribution < 1.29 is 8.42 Å². The lowest BCUT2D eigenvalue weighted by atomic mass is 9.98. The molecule has 0 bridgehead atoms. The Balaban J connectivity index is 1.76. The van der Waals surface area contributed by atoms with E-state index in [1.165, 1.54) is 15.6 Å². The molecule has 1 fully saturated rings. The first-order chi connectivity index (χ1) is 15.9. The predicted molar refractivity (Wildman–Crippen MR) is 129 cm³/mol. The van der Waals surface area contributed by atoms with Crippen LogP contribution in [0.25, 0.3) is 32.7 Å². The topological polar surface area (TPSA) is 183 Å². The number of hydrogen-bond acceptors (Lipinski definition) is 11. The van der Waals surface area contributed by atoms with Gasteiger partial charge in [0.05, 0.1) is 20.0 Å². The van der Waals surface area contributed by atoms with Crippen molar-refractivity contribution in [3.05, 3.63) is 30.3 Å². The minimum atomic E-state index is -3.86. The van der Waals surface area contributed by atoms with Crippen LogP contribution in [0.4, 0.5) is 5.13 Å². The number of rotatable bonds is 5. The van der Waals surface area contributed by atoms with E-state index in [0.29, 0.717) is 39.6 Å². The fourth-order valence-corrected chi connectivity index (χ4v) is 7.45. The van der Waals surface area contributed by atoms with E-state index >= 15 is 0 Å². The molecule has 1 aliphatic rings. The molecule has 1 aliphatic heterocycles. The van der Waals surface area contributed by atoms with Gasteiger partial charge in [-0.2, -0.15) is 9.52 Å². The Morgan fingerprint density at radius 3 is 2.79 bits per heavy atom. The second-order valence-electron chi connectivity index (χ2n) is 7.64. The van der Waals surface area contributed by atoms with E-state index in [1.54, 1.807) is 12.1 Å². The van der Waals surface area contributed by atoms with Crippen molar-refractivity contribution in [2.45, 2.75) is 28.7 Å².